The Morgan fingerprint density at radius 2 is 1.65 bits per heavy atom. The summed E-state index contributed by atoms with van der Waals surface area (Å²) in [6, 6.07) is 7.63. The van der Waals surface area contributed by atoms with E-state index in [4.69, 9.17) is 9.47 Å². The third-order valence-electron chi connectivity index (χ3n) is 2.98. The van der Waals surface area contributed by atoms with Gasteiger partial charge >= 0.3 is 0 Å². The Balaban J connectivity index is 2.42. The highest BCUT2D eigenvalue weighted by atomic mass is 19.1. The molecule has 3 nitrogen and oxygen atoms in total. The lowest BCUT2D eigenvalue weighted by Crippen LogP contribution is -2.04. The number of rotatable bonds is 4. The van der Waals surface area contributed by atoms with Crippen molar-refractivity contribution in [3.05, 3.63) is 59.2 Å². The van der Waals surface area contributed by atoms with Crippen molar-refractivity contribution >= 4 is 0 Å². The number of aliphatic hydroxyl groups excluding tert-OH is 1. The van der Waals surface area contributed by atoms with Gasteiger partial charge < -0.3 is 14.6 Å². The van der Waals surface area contributed by atoms with Crippen LogP contribution in [0, 0.1) is 11.6 Å². The maximum Gasteiger partial charge on any atom is 0.161 e. The van der Waals surface area contributed by atoms with E-state index in [1.165, 1.54) is 20.3 Å². The summed E-state index contributed by atoms with van der Waals surface area (Å²) >= 11 is 0. The predicted molar refractivity (Wildman–Crippen MR) is 70.0 cm³/mol. The van der Waals surface area contributed by atoms with Crippen molar-refractivity contribution in [3.63, 3.8) is 0 Å². The molecule has 0 spiro atoms. The zero-order chi connectivity index (χ0) is 14.7. The summed E-state index contributed by atoms with van der Waals surface area (Å²) in [6.07, 6.45) is -1.29. The van der Waals surface area contributed by atoms with E-state index >= 15 is 0 Å². The van der Waals surface area contributed by atoms with E-state index in [9.17, 15) is 13.9 Å². The number of aliphatic hydroxyl groups is 1. The maximum atomic E-state index is 13.7. The van der Waals surface area contributed by atoms with Gasteiger partial charge in [0.25, 0.3) is 0 Å². The van der Waals surface area contributed by atoms with Crippen LogP contribution in [0.15, 0.2) is 36.4 Å². The average Bonchev–Trinajstić information content (AvgIpc) is 2.48. The number of halogens is 2. The molecule has 0 amide bonds. The molecule has 1 N–H and O–H groups in total. The summed E-state index contributed by atoms with van der Waals surface area (Å²) in [4.78, 5) is 0. The standard InChI is InChI=1S/C15H14F2O3/c1-19-13-6-3-9(7-14(13)20-2)15(18)11-8-10(16)4-5-12(11)17/h3-8,15,18H,1-2H3. The Morgan fingerprint density at radius 1 is 0.950 bits per heavy atom. The van der Waals surface area contributed by atoms with Crippen molar-refractivity contribution in [2.75, 3.05) is 14.2 Å². The van der Waals surface area contributed by atoms with Crippen LogP contribution in [0.5, 0.6) is 11.5 Å². The fraction of sp³-hybridized carbons (Fsp3) is 0.200. The molecule has 0 saturated carbocycles. The van der Waals surface area contributed by atoms with Gasteiger partial charge in [-0.3, -0.25) is 0 Å². The van der Waals surface area contributed by atoms with Crippen molar-refractivity contribution in [1.29, 1.82) is 0 Å². The quantitative estimate of drug-likeness (QED) is 0.935. The van der Waals surface area contributed by atoms with Crippen molar-refractivity contribution < 1.29 is 23.4 Å². The smallest absolute Gasteiger partial charge is 0.161 e. The van der Waals surface area contributed by atoms with E-state index in [0.29, 0.717) is 17.1 Å². The van der Waals surface area contributed by atoms with Crippen LogP contribution in [0.2, 0.25) is 0 Å². The Morgan fingerprint density at radius 3 is 2.30 bits per heavy atom. The van der Waals surface area contributed by atoms with Crippen LogP contribution in [0.3, 0.4) is 0 Å². The predicted octanol–water partition coefficient (Wildman–Crippen LogP) is 3.06. The average molecular weight is 280 g/mol. The van der Waals surface area contributed by atoms with Crippen molar-refractivity contribution in [3.8, 4) is 11.5 Å². The van der Waals surface area contributed by atoms with Gasteiger partial charge in [0.15, 0.2) is 11.5 Å². The van der Waals surface area contributed by atoms with E-state index < -0.39 is 17.7 Å². The third-order valence-corrected chi connectivity index (χ3v) is 2.98. The van der Waals surface area contributed by atoms with Crippen LogP contribution in [-0.2, 0) is 0 Å². The Kier molecular flexibility index (Phi) is 4.20. The molecule has 0 heterocycles. The lowest BCUT2D eigenvalue weighted by molar-refractivity contribution is 0.213. The highest BCUT2D eigenvalue weighted by Gasteiger charge is 2.17. The van der Waals surface area contributed by atoms with E-state index in [0.717, 1.165) is 18.2 Å². The number of benzene rings is 2. The number of hydrogen-bond acceptors (Lipinski definition) is 3. The molecular weight excluding hydrogens is 266 g/mol. The minimum atomic E-state index is -1.29. The van der Waals surface area contributed by atoms with Gasteiger partial charge in [-0.25, -0.2) is 8.78 Å². The summed E-state index contributed by atoms with van der Waals surface area (Å²) in [5.41, 5.74) is 0.254. The van der Waals surface area contributed by atoms with Crippen LogP contribution in [-0.4, -0.2) is 19.3 Å². The van der Waals surface area contributed by atoms with Gasteiger partial charge in [-0.1, -0.05) is 6.07 Å². The summed E-state index contributed by atoms with van der Waals surface area (Å²) in [5, 5.41) is 10.2. The molecule has 0 fully saturated rings. The molecule has 0 aliphatic heterocycles. The molecule has 0 aliphatic carbocycles. The number of hydrogen-bond donors (Lipinski definition) is 1. The second kappa shape index (κ2) is 5.88. The molecule has 2 aromatic carbocycles. The third kappa shape index (κ3) is 2.72. The lowest BCUT2D eigenvalue weighted by atomic mass is 10.0. The van der Waals surface area contributed by atoms with Gasteiger partial charge in [0.05, 0.1) is 14.2 Å². The first-order chi connectivity index (χ1) is 9.56. The summed E-state index contributed by atoms with van der Waals surface area (Å²) in [7, 11) is 2.94. The van der Waals surface area contributed by atoms with E-state index in [1.54, 1.807) is 12.1 Å². The van der Waals surface area contributed by atoms with Crippen LogP contribution in [0.1, 0.15) is 17.2 Å². The monoisotopic (exact) mass is 280 g/mol. The second-order valence-electron chi connectivity index (χ2n) is 4.18. The highest BCUT2D eigenvalue weighted by Crippen LogP contribution is 2.33. The van der Waals surface area contributed by atoms with Crippen LogP contribution in [0.4, 0.5) is 8.78 Å². The van der Waals surface area contributed by atoms with E-state index in [1.807, 2.05) is 0 Å². The largest absolute Gasteiger partial charge is 0.493 e. The van der Waals surface area contributed by atoms with Crippen LogP contribution >= 0.6 is 0 Å². The Hall–Kier alpha value is -2.14. The summed E-state index contributed by atoms with van der Waals surface area (Å²) in [6.45, 7) is 0. The molecule has 0 bridgehead atoms. The molecule has 0 aromatic heterocycles. The second-order valence-corrected chi connectivity index (χ2v) is 4.18. The first-order valence-electron chi connectivity index (χ1n) is 5.91. The maximum absolute atomic E-state index is 13.7. The van der Waals surface area contributed by atoms with E-state index in [2.05, 4.69) is 0 Å². The molecule has 20 heavy (non-hydrogen) atoms. The SMILES string of the molecule is COc1ccc(C(O)c2cc(F)ccc2F)cc1OC. The van der Waals surface area contributed by atoms with E-state index in [-0.39, 0.29) is 5.56 Å². The minimum Gasteiger partial charge on any atom is -0.493 e. The lowest BCUT2D eigenvalue weighted by Gasteiger charge is -2.15. The molecule has 106 valence electrons. The van der Waals surface area contributed by atoms with Gasteiger partial charge in [-0.15, -0.1) is 0 Å². The Bertz CT molecular complexity index is 614. The molecule has 5 heteroatoms. The first kappa shape index (κ1) is 14.3. The summed E-state index contributed by atoms with van der Waals surface area (Å²) < 4.78 is 37.0. The number of ether oxygens (including phenoxy) is 2. The first-order valence-corrected chi connectivity index (χ1v) is 5.91. The zero-order valence-corrected chi connectivity index (χ0v) is 11.1. The Labute approximate surface area is 115 Å². The van der Waals surface area contributed by atoms with Gasteiger partial charge in [0.2, 0.25) is 0 Å². The van der Waals surface area contributed by atoms with Crippen LogP contribution in [0.25, 0.3) is 0 Å². The molecule has 2 aromatic rings. The van der Waals surface area contributed by atoms with Gasteiger partial charge in [0, 0.05) is 5.56 Å². The fourth-order valence-electron chi connectivity index (χ4n) is 1.93. The summed E-state index contributed by atoms with van der Waals surface area (Å²) in [5.74, 6) is -0.390. The van der Waals surface area contributed by atoms with Gasteiger partial charge in [-0.2, -0.15) is 0 Å². The zero-order valence-electron chi connectivity index (χ0n) is 11.1. The minimum absolute atomic E-state index is 0.128. The van der Waals surface area contributed by atoms with Crippen molar-refractivity contribution in [2.24, 2.45) is 0 Å². The molecule has 0 radical (unpaired) electrons. The molecule has 2 rings (SSSR count). The highest BCUT2D eigenvalue weighted by molar-refractivity contribution is 5.45. The molecular formula is C15H14F2O3. The van der Waals surface area contributed by atoms with Crippen molar-refractivity contribution in [2.45, 2.75) is 6.10 Å². The number of methoxy groups -OCH3 is 2. The normalized spacial score (nSPS) is 12.1. The molecule has 0 aliphatic rings. The van der Waals surface area contributed by atoms with Crippen LogP contribution < -0.4 is 9.47 Å². The molecule has 1 atom stereocenters. The fourth-order valence-corrected chi connectivity index (χ4v) is 1.93. The van der Waals surface area contributed by atoms with Gasteiger partial charge in [-0.05, 0) is 35.9 Å². The topological polar surface area (TPSA) is 38.7 Å². The van der Waals surface area contributed by atoms with Gasteiger partial charge in [0.1, 0.15) is 17.7 Å². The molecule has 0 saturated heterocycles. The van der Waals surface area contributed by atoms with Crippen molar-refractivity contribution in [1.82, 2.24) is 0 Å². The molecule has 1 unspecified atom stereocenters.